The van der Waals surface area contributed by atoms with E-state index in [2.05, 4.69) is 25.8 Å². The summed E-state index contributed by atoms with van der Waals surface area (Å²) in [5, 5.41) is 1.60. The predicted octanol–water partition coefficient (Wildman–Crippen LogP) is 5.03. The first-order valence-electron chi connectivity index (χ1n) is 11.0. The Kier molecular flexibility index (Phi) is 6.54. The minimum Gasteiger partial charge on any atom is -0.393 e. The summed E-state index contributed by atoms with van der Waals surface area (Å²) >= 11 is 1.40. The van der Waals surface area contributed by atoms with Gasteiger partial charge in [-0.05, 0) is 23.3 Å². The molecule has 0 fully saturated rings. The van der Waals surface area contributed by atoms with Gasteiger partial charge in [0.05, 0.1) is 11.4 Å². The fourth-order valence-corrected chi connectivity index (χ4v) is 4.73. The lowest BCUT2D eigenvalue weighted by Gasteiger charge is -2.19. The van der Waals surface area contributed by atoms with Crippen LogP contribution in [0.5, 0.6) is 0 Å². The van der Waals surface area contributed by atoms with Crippen molar-refractivity contribution >= 4 is 40.1 Å². The average molecular weight is 479 g/mol. The summed E-state index contributed by atoms with van der Waals surface area (Å²) in [6, 6.07) is 29.1. The predicted molar refractivity (Wildman–Crippen MR) is 139 cm³/mol. The minimum atomic E-state index is -0.497. The van der Waals surface area contributed by atoms with Crippen LogP contribution >= 0.6 is 11.8 Å². The van der Waals surface area contributed by atoms with Gasteiger partial charge in [-0.3, -0.25) is 20.6 Å². The second-order valence-electron chi connectivity index (χ2n) is 7.74. The average Bonchev–Trinajstić information content (AvgIpc) is 2.91. The monoisotopic (exact) mass is 478 g/mol. The van der Waals surface area contributed by atoms with E-state index in [1.807, 2.05) is 91.0 Å². The Labute approximate surface area is 206 Å². The van der Waals surface area contributed by atoms with Gasteiger partial charge in [-0.15, -0.1) is 0 Å². The number of benzene rings is 3. The Bertz CT molecular complexity index is 1420. The fourth-order valence-electron chi connectivity index (χ4n) is 3.80. The number of nitrogens with two attached hydrogens (primary N) is 1. The summed E-state index contributed by atoms with van der Waals surface area (Å²) in [5.74, 6) is -0.402. The zero-order valence-corrected chi connectivity index (χ0v) is 19.4. The van der Waals surface area contributed by atoms with Gasteiger partial charge in [-0.1, -0.05) is 90.6 Å². The number of anilines is 2. The van der Waals surface area contributed by atoms with Gasteiger partial charge in [0.1, 0.15) is 17.0 Å². The van der Waals surface area contributed by atoms with Gasteiger partial charge in [-0.2, -0.15) is 0 Å². The van der Waals surface area contributed by atoms with Gasteiger partial charge in [-0.25, -0.2) is 9.97 Å². The number of para-hydroxylation sites is 1. The Hall–Kier alpha value is -4.43. The number of hydrogen-bond acceptors (Lipinski definition) is 7. The molecule has 0 aliphatic rings. The number of nitrogens with zero attached hydrogens (tertiary/aromatic N) is 3. The van der Waals surface area contributed by atoms with E-state index in [9.17, 15) is 4.79 Å². The second-order valence-corrected chi connectivity index (χ2v) is 8.77. The molecule has 0 aliphatic heterocycles. The van der Waals surface area contributed by atoms with Gasteiger partial charge in [0.15, 0.2) is 5.82 Å². The maximum absolute atomic E-state index is 13.3. The maximum atomic E-state index is 13.3. The Morgan fingerprint density at radius 1 is 0.800 bits per heavy atom. The van der Waals surface area contributed by atoms with Crippen LogP contribution in [0.4, 0.5) is 11.5 Å². The van der Waals surface area contributed by atoms with E-state index >= 15 is 0 Å². The highest BCUT2D eigenvalue weighted by molar-refractivity contribution is 7.99. The van der Waals surface area contributed by atoms with Gasteiger partial charge in [0.2, 0.25) is 5.91 Å². The number of carbonyl (C=O) groups excluding carboxylic acids is 1. The van der Waals surface area contributed by atoms with E-state index < -0.39 is 5.92 Å². The lowest BCUT2D eigenvalue weighted by atomic mass is 9.91. The third kappa shape index (κ3) is 4.92. The van der Waals surface area contributed by atoms with Crippen LogP contribution in [0, 0.1) is 0 Å². The van der Waals surface area contributed by atoms with E-state index in [1.165, 1.54) is 18.1 Å². The molecule has 35 heavy (non-hydrogen) atoms. The Morgan fingerprint density at radius 2 is 1.49 bits per heavy atom. The van der Waals surface area contributed by atoms with E-state index in [1.54, 1.807) is 6.20 Å². The molecule has 2 aromatic heterocycles. The van der Waals surface area contributed by atoms with E-state index in [0.717, 1.165) is 26.9 Å². The molecular formula is C27H22N6OS. The molecule has 1 amide bonds. The molecule has 0 aliphatic carbocycles. The molecule has 0 atom stereocenters. The standard InChI is InChI=1S/C27H22N6OS/c28-23-25(30-17-31-27(23)35-21-15-7-13-20-14-8-16-29-24(20)21)32-33-26(34)22(18-9-3-1-4-10-18)19-11-5-2-6-12-19/h1-17,22H,28H2,(H,33,34)(H,30,31,32). The molecule has 5 aromatic rings. The maximum Gasteiger partial charge on any atom is 0.250 e. The lowest BCUT2D eigenvalue weighted by molar-refractivity contribution is -0.121. The van der Waals surface area contributed by atoms with Crippen LogP contribution in [0.15, 0.2) is 113 Å². The second kappa shape index (κ2) is 10.2. The first-order chi connectivity index (χ1) is 17.2. The summed E-state index contributed by atoms with van der Waals surface area (Å²) in [6.07, 6.45) is 3.17. The van der Waals surface area contributed by atoms with Crippen molar-refractivity contribution in [2.75, 3.05) is 11.2 Å². The number of hydrogen-bond donors (Lipinski definition) is 3. The molecule has 4 N–H and O–H groups in total. The normalized spacial score (nSPS) is 10.9. The molecule has 0 spiro atoms. The first kappa shape index (κ1) is 22.4. The van der Waals surface area contributed by atoms with Crippen LogP contribution in [-0.2, 0) is 4.79 Å². The molecule has 7 nitrogen and oxygen atoms in total. The molecule has 0 bridgehead atoms. The van der Waals surface area contributed by atoms with Crippen LogP contribution in [0.2, 0.25) is 0 Å². The Morgan fingerprint density at radius 3 is 2.20 bits per heavy atom. The molecule has 0 saturated heterocycles. The zero-order valence-electron chi connectivity index (χ0n) is 18.6. The number of rotatable bonds is 7. The van der Waals surface area contributed by atoms with Crippen LogP contribution in [-0.4, -0.2) is 20.9 Å². The summed E-state index contributed by atoms with van der Waals surface area (Å²) in [7, 11) is 0. The largest absolute Gasteiger partial charge is 0.393 e. The van der Waals surface area contributed by atoms with Gasteiger partial charge in [0, 0.05) is 16.5 Å². The van der Waals surface area contributed by atoms with Crippen molar-refractivity contribution in [3.8, 4) is 0 Å². The molecule has 172 valence electrons. The number of hydrazine groups is 1. The molecule has 2 heterocycles. The minimum absolute atomic E-state index is 0.229. The van der Waals surface area contributed by atoms with Crippen LogP contribution < -0.4 is 16.6 Å². The van der Waals surface area contributed by atoms with Gasteiger partial charge >= 0.3 is 0 Å². The number of fused-ring (bicyclic) bond motifs is 1. The first-order valence-corrected chi connectivity index (χ1v) is 11.8. The number of carbonyl (C=O) groups is 1. The van der Waals surface area contributed by atoms with Crippen LogP contribution in [0.25, 0.3) is 10.9 Å². The number of nitrogens with one attached hydrogen (secondary N) is 2. The number of amides is 1. The van der Waals surface area contributed by atoms with E-state index in [4.69, 9.17) is 5.73 Å². The summed E-state index contributed by atoms with van der Waals surface area (Å²) in [4.78, 5) is 27.3. The van der Waals surface area contributed by atoms with E-state index in [0.29, 0.717) is 16.5 Å². The molecule has 0 saturated carbocycles. The molecule has 0 radical (unpaired) electrons. The van der Waals surface area contributed by atoms with Crippen molar-refractivity contribution in [3.63, 3.8) is 0 Å². The molecule has 5 rings (SSSR count). The van der Waals surface area contributed by atoms with Crippen molar-refractivity contribution in [2.45, 2.75) is 15.8 Å². The van der Waals surface area contributed by atoms with Gasteiger partial charge in [0.25, 0.3) is 0 Å². The third-order valence-corrected chi connectivity index (χ3v) is 6.55. The van der Waals surface area contributed by atoms with Crippen molar-refractivity contribution < 1.29 is 4.79 Å². The molecule has 3 aromatic carbocycles. The van der Waals surface area contributed by atoms with Crippen molar-refractivity contribution in [1.29, 1.82) is 0 Å². The van der Waals surface area contributed by atoms with Gasteiger partial charge < -0.3 is 5.73 Å². The molecule has 0 unspecified atom stereocenters. The smallest absolute Gasteiger partial charge is 0.250 e. The zero-order chi connectivity index (χ0) is 24.0. The highest BCUT2D eigenvalue weighted by Crippen LogP contribution is 2.36. The van der Waals surface area contributed by atoms with Crippen molar-refractivity contribution in [1.82, 2.24) is 20.4 Å². The van der Waals surface area contributed by atoms with Crippen LogP contribution in [0.3, 0.4) is 0 Å². The highest BCUT2D eigenvalue weighted by Gasteiger charge is 2.23. The summed E-state index contributed by atoms with van der Waals surface area (Å²) in [5.41, 5.74) is 15.0. The Balaban J connectivity index is 1.37. The highest BCUT2D eigenvalue weighted by atomic mass is 32.2. The fraction of sp³-hybridized carbons (Fsp3) is 0.0370. The van der Waals surface area contributed by atoms with Crippen molar-refractivity contribution in [2.24, 2.45) is 0 Å². The number of nitrogen functional groups attached to an aromatic ring is 1. The quantitative estimate of drug-likeness (QED) is 0.222. The third-order valence-electron chi connectivity index (χ3n) is 5.48. The topological polar surface area (TPSA) is 106 Å². The number of pyridine rings is 1. The molecule has 8 heteroatoms. The summed E-state index contributed by atoms with van der Waals surface area (Å²) < 4.78 is 0. The molecular weight excluding hydrogens is 456 g/mol. The number of aromatic nitrogens is 3. The van der Waals surface area contributed by atoms with E-state index in [-0.39, 0.29) is 5.91 Å². The SMILES string of the molecule is Nc1c(NNC(=O)C(c2ccccc2)c2ccccc2)ncnc1Sc1cccc2cccnc12. The lowest BCUT2D eigenvalue weighted by Crippen LogP contribution is -2.35. The van der Waals surface area contributed by atoms with Crippen LogP contribution in [0.1, 0.15) is 17.0 Å². The summed E-state index contributed by atoms with van der Waals surface area (Å²) in [6.45, 7) is 0. The van der Waals surface area contributed by atoms with Crippen molar-refractivity contribution in [3.05, 3.63) is 115 Å².